The van der Waals surface area contributed by atoms with Crippen molar-refractivity contribution >= 4 is 46.2 Å². The molecule has 0 saturated carbocycles. The van der Waals surface area contributed by atoms with Gasteiger partial charge in [0.2, 0.25) is 17.7 Å². The fraction of sp³-hybridized carbons (Fsp3) is 0.424. The summed E-state index contributed by atoms with van der Waals surface area (Å²) in [5.74, 6) is -2.01. The first-order chi connectivity index (χ1) is 21.2. The minimum Gasteiger partial charge on any atom is -0.394 e. The van der Waals surface area contributed by atoms with E-state index in [1.165, 1.54) is 0 Å². The summed E-state index contributed by atoms with van der Waals surface area (Å²) < 4.78 is 0.305. The van der Waals surface area contributed by atoms with Gasteiger partial charge < -0.3 is 19.8 Å². The van der Waals surface area contributed by atoms with Crippen LogP contribution in [0.4, 0.5) is 5.69 Å². The van der Waals surface area contributed by atoms with Gasteiger partial charge >= 0.3 is 0 Å². The van der Waals surface area contributed by atoms with Gasteiger partial charge in [0.05, 0.1) is 34.7 Å². The Bertz CT molecular complexity index is 1610. The zero-order valence-electron chi connectivity index (χ0n) is 25.1. The number of carbonyl (C=O) groups excluding carboxylic acids is 3. The lowest BCUT2D eigenvalue weighted by Crippen LogP contribution is -2.57. The van der Waals surface area contributed by atoms with Crippen molar-refractivity contribution in [3.63, 3.8) is 0 Å². The molecule has 6 rings (SSSR count). The number of fused-ring (bicyclic) bond motifs is 2. The van der Waals surface area contributed by atoms with Crippen molar-refractivity contribution in [2.75, 3.05) is 24.6 Å². The van der Waals surface area contributed by atoms with Gasteiger partial charge in [-0.25, -0.2) is 4.68 Å². The second-order valence-corrected chi connectivity index (χ2v) is 14.0. The molecule has 1 spiro atoms. The highest BCUT2D eigenvalue weighted by Crippen LogP contribution is 2.72. The fourth-order valence-electron chi connectivity index (χ4n) is 7.54. The molecule has 0 radical (unpaired) electrons. The lowest BCUT2D eigenvalue weighted by atomic mass is 9.66. The van der Waals surface area contributed by atoms with Crippen molar-refractivity contribution in [3.05, 3.63) is 79.9 Å². The third-order valence-electron chi connectivity index (χ3n) is 9.49. The molecule has 1 aromatic heterocycles. The topological polar surface area (TPSA) is 112 Å². The van der Waals surface area contributed by atoms with Crippen molar-refractivity contribution in [3.8, 4) is 0 Å². The number of anilines is 1. The van der Waals surface area contributed by atoms with Crippen LogP contribution in [0.25, 0.3) is 11.0 Å². The number of amides is 3. The zero-order chi connectivity index (χ0) is 31.2. The number of likely N-dealkylation sites (tertiary alicyclic amines) is 1. The largest absolute Gasteiger partial charge is 0.394 e. The van der Waals surface area contributed by atoms with Crippen LogP contribution in [0.2, 0.25) is 0 Å². The molecule has 0 aliphatic carbocycles. The normalized spacial score (nSPS) is 27.8. The Morgan fingerprint density at radius 3 is 2.50 bits per heavy atom. The first-order valence-corrected chi connectivity index (χ1v) is 15.8. The quantitative estimate of drug-likeness (QED) is 0.329. The standard InChI is InChI=1S/C33H38N6O4S/c1-5-18-36(21-38-25-15-11-10-14-24(25)34-35-38)31(43)28-33-17-16-32(4,44-33)26(27(33)30(42)39(28)22(3)20-40)29(41)37(19-6-2)23-12-8-7-9-13-23/h5-15,22,26-28,40H,1-2,16-21H2,3-4H3/t22-,26+,27+,28?,32-,33?/m1/s1. The maximum Gasteiger partial charge on any atom is 0.248 e. The number of para-hydroxylation sites is 2. The Labute approximate surface area is 261 Å². The van der Waals surface area contributed by atoms with Gasteiger partial charge in [0, 0.05) is 23.5 Å². The summed E-state index contributed by atoms with van der Waals surface area (Å²) in [6, 6.07) is 15.5. The van der Waals surface area contributed by atoms with E-state index in [0.717, 1.165) is 11.2 Å². The van der Waals surface area contributed by atoms with Crippen LogP contribution in [-0.4, -0.2) is 88.9 Å². The average molecular weight is 615 g/mol. The number of thioether (sulfide) groups is 1. The van der Waals surface area contributed by atoms with Gasteiger partial charge in [-0.3, -0.25) is 14.4 Å². The minimum absolute atomic E-state index is 0.115. The van der Waals surface area contributed by atoms with Crippen LogP contribution in [-0.2, 0) is 21.1 Å². The summed E-state index contributed by atoms with van der Waals surface area (Å²) in [7, 11) is 0. The number of benzene rings is 2. The molecular weight excluding hydrogens is 576 g/mol. The number of hydrogen-bond acceptors (Lipinski definition) is 7. The van der Waals surface area contributed by atoms with Crippen molar-refractivity contribution in [2.24, 2.45) is 11.8 Å². The van der Waals surface area contributed by atoms with E-state index < -0.39 is 33.4 Å². The molecule has 2 bridgehead atoms. The summed E-state index contributed by atoms with van der Waals surface area (Å²) >= 11 is 1.61. The summed E-state index contributed by atoms with van der Waals surface area (Å²) in [5, 5.41) is 18.8. The summed E-state index contributed by atoms with van der Waals surface area (Å²) in [6.45, 7) is 11.9. The highest BCUT2D eigenvalue weighted by molar-refractivity contribution is 8.02. The molecule has 3 saturated heterocycles. The van der Waals surface area contributed by atoms with E-state index in [-0.39, 0.29) is 37.5 Å². The van der Waals surface area contributed by atoms with E-state index in [0.29, 0.717) is 24.9 Å². The summed E-state index contributed by atoms with van der Waals surface area (Å²) in [5.41, 5.74) is 2.23. The van der Waals surface area contributed by atoms with Crippen LogP contribution >= 0.6 is 11.8 Å². The van der Waals surface area contributed by atoms with Crippen molar-refractivity contribution in [1.29, 1.82) is 0 Å². The third-order valence-corrected chi connectivity index (χ3v) is 11.5. The molecule has 1 N–H and O–H groups in total. The Hall–Kier alpha value is -3.96. The molecule has 3 amide bonds. The van der Waals surface area contributed by atoms with Crippen molar-refractivity contribution < 1.29 is 19.5 Å². The fourth-order valence-corrected chi connectivity index (χ4v) is 9.87. The SMILES string of the molecule is C=CCN(Cn1nnc2ccccc21)C(=O)C1N([C@H](C)CO)C(=O)[C@@H]2[C@@H](C(=O)N(CC=C)c3ccccc3)[C@@]3(C)CCC12S3. The van der Waals surface area contributed by atoms with Crippen LogP contribution in [0.3, 0.4) is 0 Å². The average Bonchev–Trinajstić information content (AvgIpc) is 3.74. The minimum atomic E-state index is -0.869. The van der Waals surface area contributed by atoms with E-state index >= 15 is 0 Å². The Morgan fingerprint density at radius 2 is 1.80 bits per heavy atom. The van der Waals surface area contributed by atoms with E-state index in [2.05, 4.69) is 30.4 Å². The second-order valence-electron chi connectivity index (χ2n) is 12.1. The number of aliphatic hydroxyl groups excluding tert-OH is 1. The van der Waals surface area contributed by atoms with Crippen LogP contribution in [0.15, 0.2) is 79.9 Å². The molecule has 3 aliphatic rings. The number of aliphatic hydroxyl groups is 1. The molecule has 11 heteroatoms. The first kappa shape index (κ1) is 30.1. The number of carbonyl (C=O) groups is 3. The third kappa shape index (κ3) is 4.56. The maximum atomic E-state index is 14.8. The number of hydrogen-bond donors (Lipinski definition) is 1. The maximum absolute atomic E-state index is 14.8. The molecule has 2 unspecified atom stereocenters. The van der Waals surface area contributed by atoms with Crippen molar-refractivity contribution in [1.82, 2.24) is 24.8 Å². The second kappa shape index (κ2) is 11.5. The first-order valence-electron chi connectivity index (χ1n) is 15.0. The van der Waals surface area contributed by atoms with E-state index in [1.54, 1.807) is 50.2 Å². The summed E-state index contributed by atoms with van der Waals surface area (Å²) in [6.07, 6.45) is 4.64. The van der Waals surface area contributed by atoms with Crippen LogP contribution in [0, 0.1) is 11.8 Å². The smallest absolute Gasteiger partial charge is 0.248 e. The Kier molecular flexibility index (Phi) is 7.87. The molecule has 10 nitrogen and oxygen atoms in total. The number of aromatic nitrogens is 3. The van der Waals surface area contributed by atoms with Crippen molar-refractivity contribution in [2.45, 2.75) is 54.9 Å². The molecular formula is C33H38N6O4S. The van der Waals surface area contributed by atoms with Gasteiger partial charge in [-0.1, -0.05) is 47.7 Å². The van der Waals surface area contributed by atoms with Crippen LogP contribution < -0.4 is 4.90 Å². The monoisotopic (exact) mass is 614 g/mol. The van der Waals surface area contributed by atoms with Crippen LogP contribution in [0.5, 0.6) is 0 Å². The van der Waals surface area contributed by atoms with Gasteiger partial charge in [-0.15, -0.1) is 30.0 Å². The molecule has 44 heavy (non-hydrogen) atoms. The van der Waals surface area contributed by atoms with Gasteiger partial charge in [0.1, 0.15) is 18.2 Å². The highest BCUT2D eigenvalue weighted by Gasteiger charge is 2.78. The highest BCUT2D eigenvalue weighted by atomic mass is 32.2. The van der Waals surface area contributed by atoms with Gasteiger partial charge in [0.25, 0.3) is 0 Å². The lowest BCUT2D eigenvalue weighted by Gasteiger charge is -2.39. The number of nitrogens with zero attached hydrogens (tertiary/aromatic N) is 6. The van der Waals surface area contributed by atoms with E-state index in [4.69, 9.17) is 0 Å². The molecule has 230 valence electrons. The van der Waals surface area contributed by atoms with Crippen LogP contribution in [0.1, 0.15) is 26.7 Å². The van der Waals surface area contributed by atoms with Gasteiger partial charge in [0.15, 0.2) is 0 Å². The zero-order valence-corrected chi connectivity index (χ0v) is 25.9. The molecule has 4 heterocycles. The molecule has 3 aliphatic heterocycles. The predicted octanol–water partition coefficient (Wildman–Crippen LogP) is 3.48. The van der Waals surface area contributed by atoms with Gasteiger partial charge in [-0.05, 0) is 51.0 Å². The van der Waals surface area contributed by atoms with E-state index in [9.17, 15) is 19.5 Å². The van der Waals surface area contributed by atoms with Gasteiger partial charge in [-0.2, -0.15) is 0 Å². The Balaban J connectivity index is 1.41. The molecule has 3 aromatic rings. The molecule has 6 atom stereocenters. The number of rotatable bonds is 11. The summed E-state index contributed by atoms with van der Waals surface area (Å²) in [4.78, 5) is 48.7. The van der Waals surface area contributed by atoms with E-state index in [1.807, 2.05) is 54.6 Å². The molecule has 2 aromatic carbocycles. The lowest BCUT2D eigenvalue weighted by molar-refractivity contribution is -0.146. The predicted molar refractivity (Wildman–Crippen MR) is 171 cm³/mol. The molecule has 3 fully saturated rings. The Morgan fingerprint density at radius 1 is 1.09 bits per heavy atom.